The zero-order chi connectivity index (χ0) is 12.8. The van der Waals surface area contributed by atoms with Crippen molar-refractivity contribution in [1.29, 1.82) is 0 Å². The Labute approximate surface area is 106 Å². The quantitative estimate of drug-likeness (QED) is 0.628. The molecule has 0 aliphatic heterocycles. The fourth-order valence-corrected chi connectivity index (χ4v) is 1.96. The number of rotatable bonds is 6. The van der Waals surface area contributed by atoms with E-state index >= 15 is 0 Å². The third kappa shape index (κ3) is 3.98. The molecule has 1 unspecified atom stereocenters. The topological polar surface area (TPSA) is 55.2 Å². The molecule has 1 aromatic rings. The van der Waals surface area contributed by atoms with Crippen molar-refractivity contribution < 1.29 is 4.92 Å². The second-order valence-electron chi connectivity index (χ2n) is 3.90. The van der Waals surface area contributed by atoms with Gasteiger partial charge in [0.05, 0.1) is 4.92 Å². The molecule has 0 aliphatic carbocycles. The minimum Gasteiger partial charge on any atom is -0.314 e. The number of nitrogens with zero attached hydrogens (tertiary/aromatic N) is 1. The van der Waals surface area contributed by atoms with E-state index in [1.807, 2.05) is 6.92 Å². The molecule has 0 fully saturated rings. The first kappa shape index (κ1) is 13.9. The van der Waals surface area contributed by atoms with Gasteiger partial charge in [0.2, 0.25) is 0 Å². The molecule has 0 saturated heterocycles. The molecule has 0 amide bonds. The Kier molecular flexibility index (Phi) is 5.38. The van der Waals surface area contributed by atoms with E-state index in [9.17, 15) is 10.1 Å². The van der Waals surface area contributed by atoms with Gasteiger partial charge in [0.25, 0.3) is 5.69 Å². The molecule has 4 nitrogen and oxygen atoms in total. The van der Waals surface area contributed by atoms with Crippen LogP contribution in [0.15, 0.2) is 18.2 Å². The molecule has 0 spiro atoms. The van der Waals surface area contributed by atoms with Crippen LogP contribution in [0.2, 0.25) is 5.02 Å². The molecule has 1 N–H and O–H groups in total. The summed E-state index contributed by atoms with van der Waals surface area (Å²) in [6, 6.07) is 5.11. The van der Waals surface area contributed by atoms with E-state index in [0.29, 0.717) is 11.4 Å². The van der Waals surface area contributed by atoms with Crippen molar-refractivity contribution >= 4 is 17.3 Å². The van der Waals surface area contributed by atoms with Crippen molar-refractivity contribution in [3.63, 3.8) is 0 Å². The summed E-state index contributed by atoms with van der Waals surface area (Å²) < 4.78 is 0. The summed E-state index contributed by atoms with van der Waals surface area (Å²) in [5.41, 5.74) is 0.834. The fraction of sp³-hybridized carbons (Fsp3) is 0.500. The maximum Gasteiger partial charge on any atom is 0.274 e. The molecule has 0 bridgehead atoms. The third-order valence-electron chi connectivity index (χ3n) is 2.70. The Hall–Kier alpha value is -1.13. The van der Waals surface area contributed by atoms with Gasteiger partial charge in [0.15, 0.2) is 0 Å². The van der Waals surface area contributed by atoms with Crippen molar-refractivity contribution in [3.8, 4) is 0 Å². The predicted octanol–water partition coefficient (Wildman–Crippen LogP) is 3.18. The van der Waals surface area contributed by atoms with E-state index < -0.39 is 0 Å². The Bertz CT molecular complexity index is 396. The lowest BCUT2D eigenvalue weighted by Crippen LogP contribution is -2.30. The van der Waals surface area contributed by atoms with Crippen LogP contribution in [-0.2, 0) is 6.42 Å². The van der Waals surface area contributed by atoms with Gasteiger partial charge in [-0.3, -0.25) is 10.1 Å². The molecule has 1 rings (SSSR count). The highest BCUT2D eigenvalue weighted by Gasteiger charge is 2.17. The van der Waals surface area contributed by atoms with Gasteiger partial charge in [-0.25, -0.2) is 0 Å². The van der Waals surface area contributed by atoms with Crippen LogP contribution in [0.5, 0.6) is 0 Å². The average molecular weight is 257 g/mol. The van der Waals surface area contributed by atoms with Crippen LogP contribution in [0.25, 0.3) is 0 Å². The summed E-state index contributed by atoms with van der Waals surface area (Å²) >= 11 is 5.77. The van der Waals surface area contributed by atoms with E-state index in [-0.39, 0.29) is 16.7 Å². The van der Waals surface area contributed by atoms with Crippen LogP contribution in [0.4, 0.5) is 5.69 Å². The molecule has 0 saturated carbocycles. The first-order chi connectivity index (χ1) is 8.08. The summed E-state index contributed by atoms with van der Waals surface area (Å²) in [6.07, 6.45) is 1.59. The van der Waals surface area contributed by atoms with Crippen LogP contribution < -0.4 is 5.32 Å². The number of nitro benzene ring substituents is 1. The van der Waals surface area contributed by atoms with E-state index in [0.717, 1.165) is 18.5 Å². The Morgan fingerprint density at radius 3 is 2.71 bits per heavy atom. The monoisotopic (exact) mass is 256 g/mol. The van der Waals surface area contributed by atoms with Gasteiger partial charge >= 0.3 is 0 Å². The molecule has 17 heavy (non-hydrogen) atoms. The molecule has 5 heteroatoms. The maximum atomic E-state index is 10.9. The SMILES string of the molecule is CCNC(CC)Cc1ccc(Cl)cc1[N+](=O)[O-]. The van der Waals surface area contributed by atoms with Gasteiger partial charge in [-0.2, -0.15) is 0 Å². The summed E-state index contributed by atoms with van der Waals surface area (Å²) in [4.78, 5) is 10.6. The molecule has 0 aliphatic rings. The molecule has 0 heterocycles. The van der Waals surface area contributed by atoms with E-state index in [1.165, 1.54) is 6.07 Å². The Balaban J connectivity index is 2.92. The molecule has 1 atom stereocenters. The normalized spacial score (nSPS) is 12.4. The van der Waals surface area contributed by atoms with Gasteiger partial charge in [0.1, 0.15) is 0 Å². The van der Waals surface area contributed by atoms with Crippen molar-refractivity contribution in [2.75, 3.05) is 6.54 Å². The zero-order valence-corrected chi connectivity index (χ0v) is 10.8. The van der Waals surface area contributed by atoms with Gasteiger partial charge in [-0.15, -0.1) is 0 Å². The van der Waals surface area contributed by atoms with Crippen molar-refractivity contribution in [3.05, 3.63) is 38.9 Å². The van der Waals surface area contributed by atoms with Crippen molar-refractivity contribution in [1.82, 2.24) is 5.32 Å². The fourth-order valence-electron chi connectivity index (χ4n) is 1.79. The minimum absolute atomic E-state index is 0.105. The molecule has 1 aromatic carbocycles. The second-order valence-corrected chi connectivity index (χ2v) is 4.33. The second kappa shape index (κ2) is 6.57. The molecule has 94 valence electrons. The van der Waals surface area contributed by atoms with E-state index in [2.05, 4.69) is 12.2 Å². The maximum absolute atomic E-state index is 10.9. The van der Waals surface area contributed by atoms with Crippen molar-refractivity contribution in [2.24, 2.45) is 0 Å². The number of nitrogens with one attached hydrogen (secondary N) is 1. The number of benzene rings is 1. The lowest BCUT2D eigenvalue weighted by molar-refractivity contribution is -0.385. The van der Waals surface area contributed by atoms with Crippen LogP contribution >= 0.6 is 11.6 Å². The molecule has 0 radical (unpaired) electrons. The van der Waals surface area contributed by atoms with Crippen LogP contribution in [0, 0.1) is 10.1 Å². The van der Waals surface area contributed by atoms with E-state index in [4.69, 9.17) is 11.6 Å². The smallest absolute Gasteiger partial charge is 0.274 e. The number of nitro groups is 1. The van der Waals surface area contributed by atoms with E-state index in [1.54, 1.807) is 12.1 Å². The summed E-state index contributed by atoms with van der Waals surface area (Å²) in [7, 11) is 0. The third-order valence-corrected chi connectivity index (χ3v) is 2.93. The van der Waals surface area contributed by atoms with Gasteiger partial charge in [0, 0.05) is 22.7 Å². The highest BCUT2D eigenvalue weighted by molar-refractivity contribution is 6.30. The number of hydrogen-bond donors (Lipinski definition) is 1. The van der Waals surface area contributed by atoms with Crippen molar-refractivity contribution in [2.45, 2.75) is 32.7 Å². The molecular formula is C12H17ClN2O2. The Morgan fingerprint density at radius 1 is 1.47 bits per heavy atom. The minimum atomic E-state index is -0.375. The zero-order valence-electron chi connectivity index (χ0n) is 10.1. The number of hydrogen-bond acceptors (Lipinski definition) is 3. The predicted molar refractivity (Wildman–Crippen MR) is 69.6 cm³/mol. The van der Waals surface area contributed by atoms with Gasteiger partial charge in [-0.1, -0.05) is 31.5 Å². The van der Waals surface area contributed by atoms with Gasteiger partial charge in [-0.05, 0) is 25.5 Å². The van der Waals surface area contributed by atoms with Crippen LogP contribution in [-0.4, -0.2) is 17.5 Å². The summed E-state index contributed by atoms with van der Waals surface area (Å²) in [6.45, 7) is 4.95. The van der Waals surface area contributed by atoms with Gasteiger partial charge < -0.3 is 5.32 Å². The highest BCUT2D eigenvalue weighted by Crippen LogP contribution is 2.24. The summed E-state index contributed by atoms with van der Waals surface area (Å²) in [5, 5.41) is 14.6. The van der Waals surface area contributed by atoms with Crippen LogP contribution in [0.1, 0.15) is 25.8 Å². The first-order valence-electron chi connectivity index (χ1n) is 5.74. The first-order valence-corrected chi connectivity index (χ1v) is 6.12. The number of halogens is 1. The largest absolute Gasteiger partial charge is 0.314 e. The average Bonchev–Trinajstić information content (AvgIpc) is 2.30. The Morgan fingerprint density at radius 2 is 2.18 bits per heavy atom. The standard InChI is InChI=1S/C12H17ClN2O2/c1-3-11(14-4-2)7-9-5-6-10(13)8-12(9)15(16)17/h5-6,8,11,14H,3-4,7H2,1-2H3. The number of likely N-dealkylation sites (N-methyl/N-ethyl adjacent to an activating group) is 1. The summed E-state index contributed by atoms with van der Waals surface area (Å²) in [5.74, 6) is 0. The molecular weight excluding hydrogens is 240 g/mol. The molecule has 0 aromatic heterocycles. The highest BCUT2D eigenvalue weighted by atomic mass is 35.5. The lowest BCUT2D eigenvalue weighted by Gasteiger charge is -2.15. The lowest BCUT2D eigenvalue weighted by atomic mass is 10.0. The van der Waals surface area contributed by atoms with Crippen LogP contribution in [0.3, 0.4) is 0 Å².